The number of pyridine rings is 1. The van der Waals surface area contributed by atoms with E-state index in [9.17, 15) is 4.79 Å². The normalized spacial score (nSPS) is 10.4. The van der Waals surface area contributed by atoms with Gasteiger partial charge < -0.3 is 10.1 Å². The Bertz CT molecular complexity index is 688. The van der Waals surface area contributed by atoms with Gasteiger partial charge in [0.1, 0.15) is 11.3 Å². The van der Waals surface area contributed by atoms with E-state index in [1.54, 1.807) is 6.07 Å². The number of carbonyl (C=O) groups excluding carboxylic acids is 1. The minimum atomic E-state index is -0.189. The van der Waals surface area contributed by atoms with Gasteiger partial charge in [0, 0.05) is 17.4 Å². The average molecular weight is 298 g/mol. The maximum Gasteiger partial charge on any atom is 0.261 e. The van der Waals surface area contributed by atoms with Crippen LogP contribution >= 0.6 is 0 Å². The third-order valence-electron chi connectivity index (χ3n) is 3.54. The van der Waals surface area contributed by atoms with E-state index in [0.717, 1.165) is 22.5 Å². The molecule has 0 spiro atoms. The van der Waals surface area contributed by atoms with Crippen LogP contribution in [0.1, 0.15) is 39.8 Å². The highest BCUT2D eigenvalue weighted by atomic mass is 16.5. The zero-order valence-corrected chi connectivity index (χ0v) is 13.8. The topological polar surface area (TPSA) is 51.2 Å². The molecule has 0 bridgehead atoms. The molecule has 0 aliphatic heterocycles. The Hall–Kier alpha value is -2.36. The van der Waals surface area contributed by atoms with E-state index in [1.165, 1.54) is 0 Å². The predicted molar refractivity (Wildman–Crippen MR) is 88.7 cm³/mol. The van der Waals surface area contributed by atoms with Crippen molar-refractivity contribution in [2.24, 2.45) is 0 Å². The molecule has 0 unspecified atom stereocenters. The van der Waals surface area contributed by atoms with Crippen LogP contribution in [0.15, 0.2) is 24.3 Å². The smallest absolute Gasteiger partial charge is 0.261 e. The lowest BCUT2D eigenvalue weighted by molar-refractivity contribution is 0.102. The van der Waals surface area contributed by atoms with Crippen molar-refractivity contribution in [3.05, 3.63) is 52.3 Å². The molecule has 116 valence electrons. The average Bonchev–Trinajstić information content (AvgIpc) is 2.42. The van der Waals surface area contributed by atoms with Crippen LogP contribution in [-0.4, -0.2) is 17.5 Å². The summed E-state index contributed by atoms with van der Waals surface area (Å²) in [6.07, 6.45) is 0. The van der Waals surface area contributed by atoms with Crippen molar-refractivity contribution in [1.82, 2.24) is 4.98 Å². The van der Waals surface area contributed by atoms with E-state index in [4.69, 9.17) is 4.74 Å². The fourth-order valence-corrected chi connectivity index (χ4v) is 2.53. The van der Waals surface area contributed by atoms with Crippen LogP contribution in [0.3, 0.4) is 0 Å². The number of hydrogen-bond donors (Lipinski definition) is 1. The van der Waals surface area contributed by atoms with Crippen molar-refractivity contribution >= 4 is 11.6 Å². The summed E-state index contributed by atoms with van der Waals surface area (Å²) in [4.78, 5) is 17.1. The number of nitrogens with zero attached hydrogens (tertiary/aromatic N) is 1. The fourth-order valence-electron chi connectivity index (χ4n) is 2.53. The highest BCUT2D eigenvalue weighted by Gasteiger charge is 2.19. The monoisotopic (exact) mass is 298 g/mol. The molecular weight excluding hydrogens is 276 g/mol. The quantitative estimate of drug-likeness (QED) is 0.929. The minimum Gasteiger partial charge on any atom is -0.493 e. The number of carbonyl (C=O) groups is 1. The van der Waals surface area contributed by atoms with Crippen molar-refractivity contribution in [2.45, 2.75) is 34.6 Å². The molecule has 2 rings (SSSR count). The second-order valence-electron chi connectivity index (χ2n) is 5.38. The highest BCUT2D eigenvalue weighted by molar-refractivity contribution is 6.07. The summed E-state index contributed by atoms with van der Waals surface area (Å²) in [6, 6.07) is 7.74. The molecular formula is C18H22N2O2. The Morgan fingerprint density at radius 2 is 1.82 bits per heavy atom. The van der Waals surface area contributed by atoms with Crippen LogP contribution in [-0.2, 0) is 0 Å². The van der Waals surface area contributed by atoms with Crippen LogP contribution < -0.4 is 10.1 Å². The molecule has 0 aliphatic carbocycles. The molecule has 1 N–H and O–H groups in total. The van der Waals surface area contributed by atoms with Gasteiger partial charge in [0.15, 0.2) is 0 Å². The number of para-hydroxylation sites is 1. The second kappa shape index (κ2) is 6.60. The standard InChI is InChI=1S/C18H22N2O2/c1-6-22-15-10-13(4)19-14(5)16(15)18(21)20-17-11(2)8-7-9-12(17)3/h7-10H,6H2,1-5H3,(H,20,21). The first-order valence-electron chi connectivity index (χ1n) is 7.42. The SMILES string of the molecule is CCOc1cc(C)nc(C)c1C(=O)Nc1c(C)cccc1C. The van der Waals surface area contributed by atoms with Gasteiger partial charge >= 0.3 is 0 Å². The van der Waals surface area contributed by atoms with Crippen LogP contribution in [0.4, 0.5) is 5.69 Å². The first-order valence-corrected chi connectivity index (χ1v) is 7.42. The molecule has 0 saturated carbocycles. The van der Waals surface area contributed by atoms with E-state index < -0.39 is 0 Å². The first kappa shape index (κ1) is 16.0. The number of rotatable bonds is 4. The third kappa shape index (κ3) is 3.27. The van der Waals surface area contributed by atoms with Gasteiger partial charge in [-0.2, -0.15) is 0 Å². The zero-order valence-electron chi connectivity index (χ0n) is 13.8. The van der Waals surface area contributed by atoms with Gasteiger partial charge in [-0.05, 0) is 45.7 Å². The summed E-state index contributed by atoms with van der Waals surface area (Å²) in [7, 11) is 0. The molecule has 2 aromatic rings. The van der Waals surface area contributed by atoms with Gasteiger partial charge in [0.05, 0.1) is 12.3 Å². The minimum absolute atomic E-state index is 0.189. The van der Waals surface area contributed by atoms with Crippen LogP contribution in [0.25, 0.3) is 0 Å². The van der Waals surface area contributed by atoms with Crippen LogP contribution in [0, 0.1) is 27.7 Å². The largest absolute Gasteiger partial charge is 0.493 e. The molecule has 4 nitrogen and oxygen atoms in total. The van der Waals surface area contributed by atoms with Gasteiger partial charge in [-0.25, -0.2) is 0 Å². The number of nitrogens with one attached hydrogen (secondary N) is 1. The Morgan fingerprint density at radius 1 is 1.18 bits per heavy atom. The molecule has 0 fully saturated rings. The highest BCUT2D eigenvalue weighted by Crippen LogP contribution is 2.26. The number of ether oxygens (including phenoxy) is 1. The summed E-state index contributed by atoms with van der Waals surface area (Å²) in [5.41, 5.74) is 4.91. The Labute approximate surface area is 131 Å². The van der Waals surface area contributed by atoms with Crippen molar-refractivity contribution in [3.8, 4) is 5.75 Å². The van der Waals surface area contributed by atoms with Crippen LogP contribution in [0.5, 0.6) is 5.75 Å². The fraction of sp³-hybridized carbons (Fsp3) is 0.333. The molecule has 0 aliphatic rings. The number of aryl methyl sites for hydroxylation is 4. The first-order chi connectivity index (χ1) is 10.4. The van der Waals surface area contributed by atoms with Crippen molar-refractivity contribution in [3.63, 3.8) is 0 Å². The van der Waals surface area contributed by atoms with Gasteiger partial charge in [0.2, 0.25) is 0 Å². The second-order valence-corrected chi connectivity index (χ2v) is 5.38. The van der Waals surface area contributed by atoms with Crippen molar-refractivity contribution < 1.29 is 9.53 Å². The summed E-state index contributed by atoms with van der Waals surface area (Å²) in [5, 5.41) is 2.99. The molecule has 0 atom stereocenters. The number of aromatic nitrogens is 1. The molecule has 1 aromatic heterocycles. The number of anilines is 1. The molecule has 1 heterocycles. The summed E-state index contributed by atoms with van der Waals surface area (Å²) in [6.45, 7) is 10.1. The number of amides is 1. The molecule has 1 aromatic carbocycles. The van der Waals surface area contributed by atoms with Gasteiger partial charge in [-0.3, -0.25) is 9.78 Å². The van der Waals surface area contributed by atoms with Crippen molar-refractivity contribution in [1.29, 1.82) is 0 Å². The summed E-state index contributed by atoms with van der Waals surface area (Å²) in [5.74, 6) is 0.391. The van der Waals surface area contributed by atoms with Gasteiger partial charge in [0.25, 0.3) is 5.91 Å². The maximum atomic E-state index is 12.7. The molecule has 0 radical (unpaired) electrons. The van der Waals surface area contributed by atoms with E-state index in [0.29, 0.717) is 23.6 Å². The maximum absolute atomic E-state index is 12.7. The van der Waals surface area contributed by atoms with E-state index in [2.05, 4.69) is 10.3 Å². The lowest BCUT2D eigenvalue weighted by Crippen LogP contribution is -2.17. The number of hydrogen-bond acceptors (Lipinski definition) is 3. The molecule has 1 amide bonds. The summed E-state index contributed by atoms with van der Waals surface area (Å²) < 4.78 is 5.62. The van der Waals surface area contributed by atoms with E-state index in [-0.39, 0.29) is 5.91 Å². The van der Waals surface area contributed by atoms with E-state index in [1.807, 2.05) is 52.8 Å². The predicted octanol–water partition coefficient (Wildman–Crippen LogP) is 3.97. The lowest BCUT2D eigenvalue weighted by atomic mass is 10.1. The zero-order chi connectivity index (χ0) is 16.3. The third-order valence-corrected chi connectivity index (χ3v) is 3.54. The molecule has 4 heteroatoms. The molecule has 22 heavy (non-hydrogen) atoms. The summed E-state index contributed by atoms with van der Waals surface area (Å²) >= 11 is 0. The number of benzene rings is 1. The Kier molecular flexibility index (Phi) is 4.81. The van der Waals surface area contributed by atoms with Gasteiger partial charge in [-0.15, -0.1) is 0 Å². The Morgan fingerprint density at radius 3 is 2.41 bits per heavy atom. The van der Waals surface area contributed by atoms with E-state index >= 15 is 0 Å². The van der Waals surface area contributed by atoms with Gasteiger partial charge in [-0.1, -0.05) is 18.2 Å². The lowest BCUT2D eigenvalue weighted by Gasteiger charge is -2.15. The van der Waals surface area contributed by atoms with Crippen LogP contribution in [0.2, 0.25) is 0 Å². The van der Waals surface area contributed by atoms with Crippen molar-refractivity contribution in [2.75, 3.05) is 11.9 Å². The molecule has 0 saturated heterocycles. The Balaban J connectivity index is 2.41.